The maximum atomic E-state index is 11.2. The van der Waals surface area contributed by atoms with Gasteiger partial charge in [0.2, 0.25) is 0 Å². The molecule has 0 radical (unpaired) electrons. The van der Waals surface area contributed by atoms with Crippen LogP contribution in [0.25, 0.3) is 0 Å². The number of rotatable bonds is 4. The lowest BCUT2D eigenvalue weighted by atomic mass is 10.0. The number of ketones is 1. The fourth-order valence-electron chi connectivity index (χ4n) is 1.32. The van der Waals surface area contributed by atoms with Crippen molar-refractivity contribution in [2.45, 2.75) is 13.5 Å². The summed E-state index contributed by atoms with van der Waals surface area (Å²) in [6.07, 6.45) is 0. The van der Waals surface area contributed by atoms with Gasteiger partial charge in [-0.05, 0) is 30.7 Å². The van der Waals surface area contributed by atoms with E-state index in [-0.39, 0.29) is 5.78 Å². The monoisotopic (exact) mass is 194 g/mol. The quantitative estimate of drug-likeness (QED) is 0.688. The van der Waals surface area contributed by atoms with Crippen LogP contribution in [-0.2, 0) is 11.3 Å². The molecule has 3 nitrogen and oxygen atoms in total. The van der Waals surface area contributed by atoms with Crippen molar-refractivity contribution in [3.05, 3.63) is 29.3 Å². The van der Waals surface area contributed by atoms with Gasteiger partial charge in [0.1, 0.15) is 5.75 Å². The summed E-state index contributed by atoms with van der Waals surface area (Å²) in [6.45, 7) is 1.97. The Bertz CT molecular complexity index is 331. The van der Waals surface area contributed by atoms with E-state index in [4.69, 9.17) is 9.47 Å². The molecule has 1 aromatic rings. The van der Waals surface area contributed by atoms with Gasteiger partial charge in [-0.1, -0.05) is 0 Å². The summed E-state index contributed by atoms with van der Waals surface area (Å²) in [6, 6.07) is 5.35. The van der Waals surface area contributed by atoms with Crippen molar-refractivity contribution < 1.29 is 14.3 Å². The van der Waals surface area contributed by atoms with Crippen molar-refractivity contribution in [2.24, 2.45) is 0 Å². The molecule has 0 spiro atoms. The molecular weight excluding hydrogens is 180 g/mol. The highest BCUT2D eigenvalue weighted by molar-refractivity contribution is 5.95. The lowest BCUT2D eigenvalue weighted by molar-refractivity contribution is 0.101. The predicted octanol–water partition coefficient (Wildman–Crippen LogP) is 2.04. The Morgan fingerprint density at radius 3 is 2.57 bits per heavy atom. The minimum absolute atomic E-state index is 0.0414. The van der Waals surface area contributed by atoms with Gasteiger partial charge >= 0.3 is 0 Å². The molecule has 0 fully saturated rings. The first-order valence-corrected chi connectivity index (χ1v) is 4.36. The molecule has 1 rings (SSSR count). The molecule has 0 unspecified atom stereocenters. The minimum Gasteiger partial charge on any atom is -0.497 e. The van der Waals surface area contributed by atoms with Crippen molar-refractivity contribution in [2.75, 3.05) is 14.2 Å². The highest BCUT2D eigenvalue weighted by Gasteiger charge is 2.07. The van der Waals surface area contributed by atoms with Crippen LogP contribution in [0.1, 0.15) is 22.8 Å². The molecule has 76 valence electrons. The lowest BCUT2D eigenvalue weighted by Crippen LogP contribution is -2.01. The normalized spacial score (nSPS) is 9.93. The zero-order valence-corrected chi connectivity index (χ0v) is 8.66. The summed E-state index contributed by atoms with van der Waals surface area (Å²) >= 11 is 0. The molecule has 0 saturated heterocycles. The van der Waals surface area contributed by atoms with Crippen LogP contribution in [0.3, 0.4) is 0 Å². The van der Waals surface area contributed by atoms with Crippen molar-refractivity contribution in [3.8, 4) is 5.75 Å². The second-order valence-electron chi connectivity index (χ2n) is 3.01. The number of ether oxygens (including phenoxy) is 2. The van der Waals surface area contributed by atoms with Gasteiger partial charge in [0.05, 0.1) is 13.7 Å². The van der Waals surface area contributed by atoms with Crippen molar-refractivity contribution in [1.29, 1.82) is 0 Å². The second-order valence-corrected chi connectivity index (χ2v) is 3.01. The zero-order chi connectivity index (χ0) is 10.6. The molecule has 14 heavy (non-hydrogen) atoms. The van der Waals surface area contributed by atoms with Crippen LogP contribution < -0.4 is 4.74 Å². The molecule has 0 aromatic heterocycles. The van der Waals surface area contributed by atoms with E-state index in [2.05, 4.69) is 0 Å². The van der Waals surface area contributed by atoms with Crippen LogP contribution in [-0.4, -0.2) is 20.0 Å². The first-order chi connectivity index (χ1) is 6.69. The van der Waals surface area contributed by atoms with Crippen molar-refractivity contribution in [3.63, 3.8) is 0 Å². The van der Waals surface area contributed by atoms with Gasteiger partial charge in [-0.25, -0.2) is 0 Å². The Hall–Kier alpha value is -1.35. The minimum atomic E-state index is 0.0414. The number of carbonyl (C=O) groups is 1. The number of benzene rings is 1. The third-order valence-electron chi connectivity index (χ3n) is 1.99. The number of carbonyl (C=O) groups excluding carboxylic acids is 1. The smallest absolute Gasteiger partial charge is 0.160 e. The van der Waals surface area contributed by atoms with E-state index in [0.29, 0.717) is 12.2 Å². The molecule has 0 aliphatic carbocycles. The molecule has 1 aromatic carbocycles. The van der Waals surface area contributed by atoms with Gasteiger partial charge in [-0.3, -0.25) is 4.79 Å². The summed E-state index contributed by atoms with van der Waals surface area (Å²) < 4.78 is 10.1. The molecule has 0 aliphatic rings. The Morgan fingerprint density at radius 1 is 1.36 bits per heavy atom. The summed E-state index contributed by atoms with van der Waals surface area (Å²) in [5.41, 5.74) is 1.55. The van der Waals surface area contributed by atoms with E-state index < -0.39 is 0 Å². The maximum Gasteiger partial charge on any atom is 0.160 e. The Labute approximate surface area is 83.6 Å². The number of hydrogen-bond donors (Lipinski definition) is 0. The summed E-state index contributed by atoms with van der Waals surface area (Å²) in [7, 11) is 3.20. The Kier molecular flexibility index (Phi) is 3.65. The first-order valence-electron chi connectivity index (χ1n) is 4.36. The number of Topliss-reactive ketones (excluding diaryl/α,β-unsaturated/α-hetero) is 1. The molecular formula is C11H14O3. The van der Waals surface area contributed by atoms with Gasteiger partial charge in [0, 0.05) is 12.7 Å². The van der Waals surface area contributed by atoms with Crippen LogP contribution in [0.5, 0.6) is 5.75 Å². The topological polar surface area (TPSA) is 35.5 Å². The molecule has 0 saturated carbocycles. The second kappa shape index (κ2) is 4.77. The van der Waals surface area contributed by atoms with Crippen LogP contribution in [0, 0.1) is 0 Å². The van der Waals surface area contributed by atoms with E-state index in [0.717, 1.165) is 11.3 Å². The van der Waals surface area contributed by atoms with Gasteiger partial charge in [-0.2, -0.15) is 0 Å². The van der Waals surface area contributed by atoms with Crippen LogP contribution in [0.2, 0.25) is 0 Å². The zero-order valence-electron chi connectivity index (χ0n) is 8.66. The molecule has 3 heteroatoms. The highest BCUT2D eigenvalue weighted by Crippen LogP contribution is 2.18. The number of hydrogen-bond acceptors (Lipinski definition) is 3. The fourth-order valence-corrected chi connectivity index (χ4v) is 1.32. The van der Waals surface area contributed by atoms with E-state index in [1.165, 1.54) is 0 Å². The Morgan fingerprint density at radius 2 is 2.07 bits per heavy atom. The fraction of sp³-hybridized carbons (Fsp3) is 0.364. The van der Waals surface area contributed by atoms with E-state index in [9.17, 15) is 4.79 Å². The van der Waals surface area contributed by atoms with Crippen LogP contribution in [0.15, 0.2) is 18.2 Å². The molecule has 0 aliphatic heterocycles. The van der Waals surface area contributed by atoms with Crippen molar-refractivity contribution in [1.82, 2.24) is 0 Å². The summed E-state index contributed by atoms with van der Waals surface area (Å²) in [5, 5.41) is 0. The first kappa shape index (κ1) is 10.7. The third kappa shape index (κ3) is 2.33. The third-order valence-corrected chi connectivity index (χ3v) is 1.99. The Balaban J connectivity index is 3.10. The van der Waals surface area contributed by atoms with E-state index in [1.54, 1.807) is 33.3 Å². The average Bonchev–Trinajstić information content (AvgIpc) is 2.17. The van der Waals surface area contributed by atoms with Crippen LogP contribution >= 0.6 is 0 Å². The largest absolute Gasteiger partial charge is 0.497 e. The molecule has 0 bridgehead atoms. The molecule has 0 amide bonds. The predicted molar refractivity (Wildman–Crippen MR) is 53.7 cm³/mol. The molecule has 0 heterocycles. The highest BCUT2D eigenvalue weighted by atomic mass is 16.5. The number of methoxy groups -OCH3 is 2. The maximum absolute atomic E-state index is 11.2. The lowest BCUT2D eigenvalue weighted by Gasteiger charge is -2.08. The van der Waals surface area contributed by atoms with Gasteiger partial charge in [0.25, 0.3) is 0 Å². The summed E-state index contributed by atoms with van der Waals surface area (Å²) in [4.78, 5) is 11.2. The van der Waals surface area contributed by atoms with Gasteiger partial charge in [0.15, 0.2) is 5.78 Å². The van der Waals surface area contributed by atoms with Crippen molar-refractivity contribution >= 4 is 5.78 Å². The molecule has 0 N–H and O–H groups in total. The standard InChI is InChI=1S/C11H14O3/c1-8(12)11-5-4-10(14-3)6-9(11)7-13-2/h4-6H,7H2,1-3H3. The van der Waals surface area contributed by atoms with Gasteiger partial charge in [-0.15, -0.1) is 0 Å². The van der Waals surface area contributed by atoms with Gasteiger partial charge < -0.3 is 9.47 Å². The van der Waals surface area contributed by atoms with E-state index in [1.807, 2.05) is 6.07 Å². The summed E-state index contributed by atoms with van der Waals surface area (Å²) in [5.74, 6) is 0.779. The SMILES string of the molecule is COCc1cc(OC)ccc1C(C)=O. The molecule has 0 atom stereocenters. The van der Waals surface area contributed by atoms with E-state index >= 15 is 0 Å². The average molecular weight is 194 g/mol. The van der Waals surface area contributed by atoms with Crippen LogP contribution in [0.4, 0.5) is 0 Å².